The molecule has 0 radical (unpaired) electrons. The lowest BCUT2D eigenvalue weighted by Gasteiger charge is -2.13. The highest BCUT2D eigenvalue weighted by Crippen LogP contribution is 2.27. The predicted molar refractivity (Wildman–Crippen MR) is 94.9 cm³/mol. The van der Waals surface area contributed by atoms with E-state index in [9.17, 15) is 4.79 Å². The van der Waals surface area contributed by atoms with Crippen molar-refractivity contribution < 1.29 is 9.53 Å². The number of hydrogen-bond donors (Lipinski definition) is 2. The maximum atomic E-state index is 11.9. The van der Waals surface area contributed by atoms with E-state index in [-0.39, 0.29) is 6.03 Å². The molecule has 2 aromatic carbocycles. The molecule has 23 heavy (non-hydrogen) atoms. The number of nitrogens with one attached hydrogen (secondary N) is 2. The molecule has 0 fully saturated rings. The van der Waals surface area contributed by atoms with Gasteiger partial charge in [-0.1, -0.05) is 29.3 Å². The molecule has 2 amide bonds. The fraction of sp³-hybridized carbons (Fsp3) is 0.235. The van der Waals surface area contributed by atoms with Gasteiger partial charge in [-0.3, -0.25) is 0 Å². The summed E-state index contributed by atoms with van der Waals surface area (Å²) in [4.78, 5) is 11.9. The van der Waals surface area contributed by atoms with E-state index in [1.165, 1.54) is 0 Å². The topological polar surface area (TPSA) is 50.4 Å². The molecule has 0 aromatic heterocycles. The van der Waals surface area contributed by atoms with Crippen LogP contribution in [-0.4, -0.2) is 19.2 Å². The quantitative estimate of drug-likeness (QED) is 0.758. The summed E-state index contributed by atoms with van der Waals surface area (Å²) in [6.45, 7) is 4.58. The lowest BCUT2D eigenvalue weighted by molar-refractivity contribution is 0.247. The smallest absolute Gasteiger partial charge is 0.319 e. The van der Waals surface area contributed by atoms with E-state index < -0.39 is 0 Å². The summed E-state index contributed by atoms with van der Waals surface area (Å²) in [7, 11) is 0. The highest BCUT2D eigenvalue weighted by atomic mass is 35.5. The zero-order valence-electron chi connectivity index (χ0n) is 13.0. The van der Waals surface area contributed by atoms with E-state index in [0.717, 1.165) is 11.1 Å². The Bertz CT molecular complexity index is 664. The Balaban J connectivity index is 1.78. The van der Waals surface area contributed by atoms with E-state index in [1.807, 2.05) is 26.0 Å². The minimum atomic E-state index is -0.321. The molecule has 0 aliphatic carbocycles. The van der Waals surface area contributed by atoms with Gasteiger partial charge in [-0.25, -0.2) is 4.79 Å². The van der Waals surface area contributed by atoms with Crippen molar-refractivity contribution in [3.63, 3.8) is 0 Å². The molecule has 4 nitrogen and oxygen atoms in total. The molecule has 0 aliphatic heterocycles. The summed E-state index contributed by atoms with van der Waals surface area (Å²) in [6, 6.07) is 10.5. The lowest BCUT2D eigenvalue weighted by atomic mass is 10.1. The number of urea groups is 1. The predicted octanol–water partition coefficient (Wildman–Crippen LogP) is 4.81. The normalized spacial score (nSPS) is 10.3. The molecule has 0 bridgehead atoms. The zero-order valence-corrected chi connectivity index (χ0v) is 14.5. The van der Waals surface area contributed by atoms with Crippen LogP contribution >= 0.6 is 23.2 Å². The van der Waals surface area contributed by atoms with Gasteiger partial charge >= 0.3 is 6.03 Å². The molecule has 0 spiro atoms. The summed E-state index contributed by atoms with van der Waals surface area (Å²) in [5.41, 5.74) is 2.59. The highest BCUT2D eigenvalue weighted by Gasteiger charge is 2.09. The third-order valence-electron chi connectivity index (χ3n) is 3.14. The second kappa shape index (κ2) is 8.09. The van der Waals surface area contributed by atoms with Crippen LogP contribution in [0.2, 0.25) is 10.0 Å². The first-order valence-electron chi connectivity index (χ1n) is 7.15. The standard InChI is InChI=1S/C17H18Cl2N2O2/c1-11-9-12(2)16(15(19)10-11)21-17(22)20-7-8-23-14-5-3-13(18)4-6-14/h3-6,9-10H,7-8H2,1-2H3,(H2,20,21,22). The van der Waals surface area contributed by atoms with Crippen molar-refractivity contribution in [1.29, 1.82) is 0 Å². The third kappa shape index (κ3) is 5.34. The summed E-state index contributed by atoms with van der Waals surface area (Å²) >= 11 is 12.0. The van der Waals surface area contributed by atoms with E-state index >= 15 is 0 Å². The second-order valence-corrected chi connectivity index (χ2v) is 5.97. The number of carbonyl (C=O) groups excluding carboxylic acids is 1. The zero-order chi connectivity index (χ0) is 16.8. The molecule has 2 N–H and O–H groups in total. The molecule has 6 heteroatoms. The van der Waals surface area contributed by atoms with Gasteiger partial charge in [-0.2, -0.15) is 0 Å². The highest BCUT2D eigenvalue weighted by molar-refractivity contribution is 6.34. The van der Waals surface area contributed by atoms with Gasteiger partial charge in [0.15, 0.2) is 0 Å². The number of rotatable bonds is 5. The van der Waals surface area contributed by atoms with Crippen molar-refractivity contribution >= 4 is 34.9 Å². The molecule has 2 aromatic rings. The lowest BCUT2D eigenvalue weighted by Crippen LogP contribution is -2.32. The number of anilines is 1. The van der Waals surface area contributed by atoms with Crippen LogP contribution in [0.5, 0.6) is 5.75 Å². The first-order valence-corrected chi connectivity index (χ1v) is 7.91. The number of amides is 2. The largest absolute Gasteiger partial charge is 0.492 e. The molecule has 2 rings (SSSR count). The van der Waals surface area contributed by atoms with Crippen LogP contribution < -0.4 is 15.4 Å². The molecule has 0 heterocycles. The molecular weight excluding hydrogens is 335 g/mol. The van der Waals surface area contributed by atoms with Crippen molar-refractivity contribution in [3.8, 4) is 5.75 Å². The van der Waals surface area contributed by atoms with Crippen molar-refractivity contribution in [3.05, 3.63) is 57.6 Å². The monoisotopic (exact) mass is 352 g/mol. The van der Waals surface area contributed by atoms with Crippen LogP contribution in [0, 0.1) is 13.8 Å². The van der Waals surface area contributed by atoms with E-state index in [0.29, 0.717) is 34.6 Å². The molecule has 0 aliphatic rings. The van der Waals surface area contributed by atoms with Gasteiger partial charge < -0.3 is 15.4 Å². The third-order valence-corrected chi connectivity index (χ3v) is 3.69. The van der Waals surface area contributed by atoms with E-state index in [1.54, 1.807) is 24.3 Å². The number of benzene rings is 2. The maximum absolute atomic E-state index is 11.9. The van der Waals surface area contributed by atoms with Gasteiger partial charge in [-0.15, -0.1) is 0 Å². The fourth-order valence-corrected chi connectivity index (χ4v) is 2.59. The van der Waals surface area contributed by atoms with Crippen LogP contribution in [0.3, 0.4) is 0 Å². The summed E-state index contributed by atoms with van der Waals surface area (Å²) < 4.78 is 5.50. The molecular formula is C17H18Cl2N2O2. The molecule has 122 valence electrons. The van der Waals surface area contributed by atoms with Crippen LogP contribution in [0.25, 0.3) is 0 Å². The van der Waals surface area contributed by atoms with Gasteiger partial charge in [-0.05, 0) is 55.3 Å². The van der Waals surface area contributed by atoms with Crippen molar-refractivity contribution in [1.82, 2.24) is 5.32 Å². The summed E-state index contributed by atoms with van der Waals surface area (Å²) in [5.74, 6) is 0.703. The van der Waals surface area contributed by atoms with Gasteiger partial charge in [0, 0.05) is 5.02 Å². The van der Waals surface area contributed by atoms with Crippen LogP contribution in [0.15, 0.2) is 36.4 Å². The van der Waals surface area contributed by atoms with E-state index in [4.69, 9.17) is 27.9 Å². The first kappa shape index (κ1) is 17.4. The molecule has 0 saturated carbocycles. The SMILES string of the molecule is Cc1cc(C)c(NC(=O)NCCOc2ccc(Cl)cc2)c(Cl)c1. The second-order valence-electron chi connectivity index (χ2n) is 5.12. The van der Waals surface area contributed by atoms with Crippen LogP contribution in [0.1, 0.15) is 11.1 Å². The Kier molecular flexibility index (Phi) is 6.13. The number of hydrogen-bond acceptors (Lipinski definition) is 2. The first-order chi connectivity index (χ1) is 11.0. The molecule has 0 saturated heterocycles. The number of carbonyl (C=O) groups is 1. The summed E-state index contributed by atoms with van der Waals surface area (Å²) in [6.07, 6.45) is 0. The Hall–Kier alpha value is -1.91. The molecule has 0 unspecified atom stereocenters. The Morgan fingerprint density at radius 3 is 2.48 bits per heavy atom. The minimum absolute atomic E-state index is 0.321. The van der Waals surface area contributed by atoms with Gasteiger partial charge in [0.1, 0.15) is 12.4 Å². The van der Waals surface area contributed by atoms with Gasteiger partial charge in [0.05, 0.1) is 17.3 Å². The van der Waals surface area contributed by atoms with Crippen LogP contribution in [0.4, 0.5) is 10.5 Å². The fourth-order valence-electron chi connectivity index (χ4n) is 2.10. The van der Waals surface area contributed by atoms with Crippen LogP contribution in [-0.2, 0) is 0 Å². The average molecular weight is 353 g/mol. The van der Waals surface area contributed by atoms with Crippen molar-refractivity contribution in [2.45, 2.75) is 13.8 Å². The van der Waals surface area contributed by atoms with Gasteiger partial charge in [0.25, 0.3) is 0 Å². The maximum Gasteiger partial charge on any atom is 0.319 e. The number of ether oxygens (including phenoxy) is 1. The Morgan fingerprint density at radius 1 is 1.13 bits per heavy atom. The average Bonchev–Trinajstić information content (AvgIpc) is 2.49. The number of aryl methyl sites for hydroxylation is 2. The van der Waals surface area contributed by atoms with Crippen molar-refractivity contribution in [2.75, 3.05) is 18.5 Å². The van der Waals surface area contributed by atoms with Gasteiger partial charge in [0.2, 0.25) is 0 Å². The Labute approximate surface area is 145 Å². The minimum Gasteiger partial charge on any atom is -0.492 e. The Morgan fingerprint density at radius 2 is 1.83 bits per heavy atom. The van der Waals surface area contributed by atoms with Crippen molar-refractivity contribution in [2.24, 2.45) is 0 Å². The van der Waals surface area contributed by atoms with E-state index in [2.05, 4.69) is 10.6 Å². The molecule has 0 atom stereocenters. The summed E-state index contributed by atoms with van der Waals surface area (Å²) in [5, 5.41) is 6.66. The number of halogens is 2.